The van der Waals surface area contributed by atoms with Crippen LogP contribution in [0.5, 0.6) is 5.75 Å². The number of ether oxygens (including phenoxy) is 1. The molecule has 0 atom stereocenters. The van der Waals surface area contributed by atoms with Gasteiger partial charge in [-0.25, -0.2) is 4.39 Å². The number of hydrogen-bond donors (Lipinski definition) is 1. The van der Waals surface area contributed by atoms with Crippen LogP contribution in [-0.2, 0) is 0 Å². The quantitative estimate of drug-likeness (QED) is 0.812. The zero-order valence-electron chi connectivity index (χ0n) is 7.91. The van der Waals surface area contributed by atoms with Crippen molar-refractivity contribution in [2.24, 2.45) is 0 Å². The lowest BCUT2D eigenvalue weighted by molar-refractivity contribution is 0.413. The number of thiazole rings is 1. The monoisotopic (exact) mass is 241 g/mol. The standard InChI is InChI=1S/C10H8FNOS2/c1-13-8-4-2-3-6(11)9(8)7-5-15-10(14)12-7/h2-5H,1H3,(H,12,14). The van der Waals surface area contributed by atoms with Crippen molar-refractivity contribution in [3.63, 3.8) is 0 Å². The third-order valence-corrected chi connectivity index (χ3v) is 3.05. The first kappa shape index (κ1) is 10.3. The summed E-state index contributed by atoms with van der Waals surface area (Å²) in [5.74, 6) is 0.178. The predicted octanol–water partition coefficient (Wildman–Crippen LogP) is 3.62. The molecule has 15 heavy (non-hydrogen) atoms. The molecule has 0 saturated carbocycles. The molecule has 0 amide bonds. The van der Waals surface area contributed by atoms with Crippen LogP contribution in [0, 0.1) is 9.77 Å². The van der Waals surface area contributed by atoms with Crippen molar-refractivity contribution in [2.75, 3.05) is 7.11 Å². The Morgan fingerprint density at radius 1 is 1.47 bits per heavy atom. The lowest BCUT2D eigenvalue weighted by atomic mass is 10.1. The Morgan fingerprint density at radius 3 is 2.87 bits per heavy atom. The number of halogens is 1. The van der Waals surface area contributed by atoms with Crippen molar-refractivity contribution < 1.29 is 9.13 Å². The molecular weight excluding hydrogens is 233 g/mol. The van der Waals surface area contributed by atoms with Crippen molar-refractivity contribution in [2.45, 2.75) is 0 Å². The van der Waals surface area contributed by atoms with E-state index in [2.05, 4.69) is 4.98 Å². The predicted molar refractivity (Wildman–Crippen MR) is 61.4 cm³/mol. The van der Waals surface area contributed by atoms with Gasteiger partial charge in [0.15, 0.2) is 3.95 Å². The second-order valence-electron chi connectivity index (χ2n) is 2.88. The third-order valence-electron chi connectivity index (χ3n) is 1.99. The highest BCUT2D eigenvalue weighted by molar-refractivity contribution is 7.73. The van der Waals surface area contributed by atoms with Crippen LogP contribution in [0.15, 0.2) is 23.6 Å². The summed E-state index contributed by atoms with van der Waals surface area (Å²) in [6.45, 7) is 0. The van der Waals surface area contributed by atoms with E-state index >= 15 is 0 Å². The average molecular weight is 241 g/mol. The summed E-state index contributed by atoms with van der Waals surface area (Å²) < 4.78 is 19.3. The molecule has 1 heterocycles. The molecule has 2 rings (SSSR count). The average Bonchev–Trinajstić information content (AvgIpc) is 2.64. The van der Waals surface area contributed by atoms with Crippen LogP contribution in [0.3, 0.4) is 0 Å². The van der Waals surface area contributed by atoms with E-state index in [0.29, 0.717) is 21.0 Å². The van der Waals surface area contributed by atoms with Gasteiger partial charge in [-0.05, 0) is 24.4 Å². The summed E-state index contributed by atoms with van der Waals surface area (Å²) in [4.78, 5) is 2.92. The van der Waals surface area contributed by atoms with E-state index in [1.807, 2.05) is 0 Å². The van der Waals surface area contributed by atoms with Crippen LogP contribution in [0.25, 0.3) is 11.3 Å². The molecule has 5 heteroatoms. The first-order valence-corrected chi connectivity index (χ1v) is 5.52. The van der Waals surface area contributed by atoms with Gasteiger partial charge >= 0.3 is 0 Å². The Kier molecular flexibility index (Phi) is 2.83. The van der Waals surface area contributed by atoms with Crippen molar-refractivity contribution in [1.82, 2.24) is 4.98 Å². The van der Waals surface area contributed by atoms with Gasteiger partial charge in [0.1, 0.15) is 11.6 Å². The van der Waals surface area contributed by atoms with Crippen molar-refractivity contribution in [1.29, 1.82) is 0 Å². The lowest BCUT2D eigenvalue weighted by Crippen LogP contribution is -1.91. The molecule has 0 unspecified atom stereocenters. The summed E-state index contributed by atoms with van der Waals surface area (Å²) >= 11 is 6.32. The topological polar surface area (TPSA) is 25.0 Å². The molecule has 0 aliphatic rings. The number of benzene rings is 1. The highest BCUT2D eigenvalue weighted by atomic mass is 32.1. The lowest BCUT2D eigenvalue weighted by Gasteiger charge is -2.06. The SMILES string of the molecule is COc1cccc(F)c1-c1csc(=S)[nH]1. The maximum atomic E-state index is 13.6. The fourth-order valence-corrected chi connectivity index (χ4v) is 2.16. The second-order valence-corrected chi connectivity index (χ2v) is 4.43. The van der Waals surface area contributed by atoms with E-state index < -0.39 is 0 Å². The van der Waals surface area contributed by atoms with Crippen LogP contribution in [0.2, 0.25) is 0 Å². The Balaban J connectivity index is 2.65. The summed E-state index contributed by atoms with van der Waals surface area (Å²) in [7, 11) is 1.51. The fourth-order valence-electron chi connectivity index (χ4n) is 1.34. The normalized spacial score (nSPS) is 10.3. The Morgan fingerprint density at radius 2 is 2.27 bits per heavy atom. The van der Waals surface area contributed by atoms with Crippen molar-refractivity contribution in [3.8, 4) is 17.0 Å². The molecule has 0 aliphatic heterocycles. The number of H-pyrrole nitrogens is 1. The Labute approximate surface area is 95.4 Å². The molecule has 2 nitrogen and oxygen atoms in total. The number of methoxy groups -OCH3 is 1. The molecule has 78 valence electrons. The summed E-state index contributed by atoms with van der Waals surface area (Å²) in [6, 6.07) is 4.72. The number of nitrogens with one attached hydrogen (secondary N) is 1. The molecule has 0 spiro atoms. The molecule has 1 N–H and O–H groups in total. The number of aromatic nitrogens is 1. The van der Waals surface area contributed by atoms with E-state index in [1.54, 1.807) is 17.5 Å². The Hall–Kier alpha value is -1.20. The van der Waals surface area contributed by atoms with Gasteiger partial charge < -0.3 is 9.72 Å². The first-order chi connectivity index (χ1) is 7.22. The minimum Gasteiger partial charge on any atom is -0.496 e. The summed E-state index contributed by atoms with van der Waals surface area (Å²) in [5, 5.41) is 1.78. The highest BCUT2D eigenvalue weighted by Crippen LogP contribution is 2.32. The van der Waals surface area contributed by atoms with Crippen LogP contribution in [-0.4, -0.2) is 12.1 Å². The molecule has 2 aromatic rings. The molecule has 1 aromatic heterocycles. The van der Waals surface area contributed by atoms with Crippen molar-refractivity contribution in [3.05, 3.63) is 33.4 Å². The van der Waals surface area contributed by atoms with Crippen LogP contribution in [0.1, 0.15) is 0 Å². The molecule has 0 radical (unpaired) electrons. The zero-order chi connectivity index (χ0) is 10.8. The van der Waals surface area contributed by atoms with Crippen LogP contribution in [0.4, 0.5) is 4.39 Å². The number of aromatic amines is 1. The molecule has 0 aliphatic carbocycles. The van der Waals surface area contributed by atoms with Gasteiger partial charge in [0.2, 0.25) is 0 Å². The van der Waals surface area contributed by atoms with Gasteiger partial charge in [0.25, 0.3) is 0 Å². The largest absolute Gasteiger partial charge is 0.496 e. The smallest absolute Gasteiger partial charge is 0.158 e. The minimum atomic E-state index is -0.321. The number of hydrogen-bond acceptors (Lipinski definition) is 3. The Bertz CT molecular complexity index is 532. The molecular formula is C10H8FNOS2. The first-order valence-electron chi connectivity index (χ1n) is 4.23. The summed E-state index contributed by atoms with van der Waals surface area (Å²) in [6.07, 6.45) is 0. The second kappa shape index (κ2) is 4.12. The number of rotatable bonds is 2. The molecule has 0 bridgehead atoms. The van der Waals surface area contributed by atoms with Crippen LogP contribution < -0.4 is 4.74 Å². The van der Waals surface area contributed by atoms with Gasteiger partial charge in [0, 0.05) is 5.38 Å². The third kappa shape index (κ3) is 1.93. The van der Waals surface area contributed by atoms with E-state index in [9.17, 15) is 4.39 Å². The van der Waals surface area contributed by atoms with E-state index in [0.717, 1.165) is 0 Å². The summed E-state index contributed by atoms with van der Waals surface area (Å²) in [5.41, 5.74) is 1.08. The van der Waals surface area contributed by atoms with E-state index in [-0.39, 0.29) is 5.82 Å². The van der Waals surface area contributed by atoms with E-state index in [4.69, 9.17) is 17.0 Å². The minimum absolute atomic E-state index is 0.321. The molecule has 1 aromatic carbocycles. The van der Waals surface area contributed by atoms with Crippen molar-refractivity contribution >= 4 is 23.6 Å². The maximum absolute atomic E-state index is 13.6. The van der Waals surface area contributed by atoms with Gasteiger partial charge in [-0.1, -0.05) is 6.07 Å². The maximum Gasteiger partial charge on any atom is 0.158 e. The molecule has 0 fully saturated rings. The zero-order valence-corrected chi connectivity index (χ0v) is 9.55. The van der Waals surface area contributed by atoms with E-state index in [1.165, 1.54) is 24.5 Å². The van der Waals surface area contributed by atoms with Gasteiger partial charge in [0.05, 0.1) is 18.4 Å². The fraction of sp³-hybridized carbons (Fsp3) is 0.100. The van der Waals surface area contributed by atoms with Gasteiger partial charge in [-0.15, -0.1) is 11.3 Å². The van der Waals surface area contributed by atoms with Gasteiger partial charge in [-0.2, -0.15) is 0 Å². The van der Waals surface area contributed by atoms with Crippen LogP contribution >= 0.6 is 23.6 Å². The highest BCUT2D eigenvalue weighted by Gasteiger charge is 2.12. The molecule has 0 saturated heterocycles. The van der Waals surface area contributed by atoms with Gasteiger partial charge in [-0.3, -0.25) is 0 Å².